The van der Waals surface area contributed by atoms with Crippen LogP contribution in [-0.4, -0.2) is 29.3 Å². The van der Waals surface area contributed by atoms with Crippen molar-refractivity contribution in [2.24, 2.45) is 0 Å². The van der Waals surface area contributed by atoms with E-state index in [1.165, 1.54) is 5.56 Å². The van der Waals surface area contributed by atoms with Crippen molar-refractivity contribution in [3.05, 3.63) is 23.5 Å². The number of aromatic nitrogens is 1. The van der Waals surface area contributed by atoms with E-state index in [9.17, 15) is 0 Å². The third-order valence-corrected chi connectivity index (χ3v) is 3.15. The van der Waals surface area contributed by atoms with Gasteiger partial charge in [0.25, 0.3) is 0 Å². The molecule has 2 N–H and O–H groups in total. The maximum atomic E-state index is 8.98. The normalized spacial score (nSPS) is 18.8. The highest BCUT2D eigenvalue weighted by molar-refractivity contribution is 5.40. The fourth-order valence-electron chi connectivity index (χ4n) is 2.43. The van der Waals surface area contributed by atoms with E-state index in [1.54, 1.807) is 0 Å². The molecule has 0 fully saturated rings. The van der Waals surface area contributed by atoms with Crippen LogP contribution in [0.5, 0.6) is 5.75 Å². The van der Waals surface area contributed by atoms with Gasteiger partial charge in [0.15, 0.2) is 0 Å². The topological polar surface area (TPSA) is 54.4 Å². The standard InChI is InChI=1S/C14H22N2O2/c1-10(2)18-13-6-8-16-12-5-7-15-11(14(12)13)4-3-9-17/h6,8,10-11,15,17H,3-5,7,9H2,1-2H3. The molecule has 1 atom stereocenters. The first-order valence-corrected chi connectivity index (χ1v) is 6.71. The molecule has 0 saturated heterocycles. The summed E-state index contributed by atoms with van der Waals surface area (Å²) in [4.78, 5) is 4.46. The molecule has 0 aromatic carbocycles. The summed E-state index contributed by atoms with van der Waals surface area (Å²) in [6, 6.07) is 2.20. The van der Waals surface area contributed by atoms with E-state index in [-0.39, 0.29) is 18.8 Å². The molecule has 18 heavy (non-hydrogen) atoms. The number of pyridine rings is 1. The quantitative estimate of drug-likeness (QED) is 0.837. The average molecular weight is 250 g/mol. The zero-order valence-electron chi connectivity index (χ0n) is 11.1. The number of ether oxygens (including phenoxy) is 1. The lowest BCUT2D eigenvalue weighted by molar-refractivity contribution is 0.232. The second-order valence-electron chi connectivity index (χ2n) is 4.96. The molecule has 1 aromatic heterocycles. The van der Waals surface area contributed by atoms with Gasteiger partial charge in [-0.2, -0.15) is 0 Å². The molecule has 0 bridgehead atoms. The number of nitrogens with zero attached hydrogens (tertiary/aromatic N) is 1. The number of aliphatic hydroxyl groups is 1. The molecule has 4 heteroatoms. The molecule has 1 unspecified atom stereocenters. The maximum absolute atomic E-state index is 8.98. The number of fused-ring (bicyclic) bond motifs is 1. The Morgan fingerprint density at radius 1 is 1.56 bits per heavy atom. The van der Waals surface area contributed by atoms with Gasteiger partial charge in [-0.15, -0.1) is 0 Å². The Labute approximate surface area is 108 Å². The number of hydrogen-bond donors (Lipinski definition) is 2. The van der Waals surface area contributed by atoms with Crippen LogP contribution in [-0.2, 0) is 6.42 Å². The lowest BCUT2D eigenvalue weighted by Gasteiger charge is -2.28. The second-order valence-corrected chi connectivity index (χ2v) is 4.96. The molecule has 1 aliphatic rings. The summed E-state index contributed by atoms with van der Waals surface area (Å²) in [6.07, 6.45) is 4.65. The van der Waals surface area contributed by atoms with Crippen LogP contribution in [0.4, 0.5) is 0 Å². The monoisotopic (exact) mass is 250 g/mol. The van der Waals surface area contributed by atoms with E-state index in [2.05, 4.69) is 10.3 Å². The van der Waals surface area contributed by atoms with Gasteiger partial charge >= 0.3 is 0 Å². The smallest absolute Gasteiger partial charge is 0.127 e. The Kier molecular flexibility index (Phi) is 4.55. The van der Waals surface area contributed by atoms with Gasteiger partial charge in [-0.1, -0.05) is 0 Å². The van der Waals surface area contributed by atoms with E-state index in [0.717, 1.165) is 37.3 Å². The number of aliphatic hydroxyl groups excluding tert-OH is 1. The predicted octanol–water partition coefficient (Wildman–Crippen LogP) is 1.83. The molecule has 0 aliphatic carbocycles. The molecule has 0 saturated carbocycles. The summed E-state index contributed by atoms with van der Waals surface area (Å²) < 4.78 is 5.88. The van der Waals surface area contributed by atoms with Gasteiger partial charge < -0.3 is 15.2 Å². The van der Waals surface area contributed by atoms with Crippen molar-refractivity contribution in [3.8, 4) is 5.75 Å². The van der Waals surface area contributed by atoms with Crippen LogP contribution in [0.2, 0.25) is 0 Å². The first kappa shape index (κ1) is 13.3. The van der Waals surface area contributed by atoms with Crippen LogP contribution in [0.3, 0.4) is 0 Å². The zero-order valence-corrected chi connectivity index (χ0v) is 11.1. The first-order chi connectivity index (χ1) is 8.72. The lowest BCUT2D eigenvalue weighted by Crippen LogP contribution is -2.31. The lowest BCUT2D eigenvalue weighted by atomic mass is 9.94. The molecular formula is C14H22N2O2. The van der Waals surface area contributed by atoms with Gasteiger partial charge in [0.2, 0.25) is 0 Å². The molecule has 100 valence electrons. The molecule has 1 aromatic rings. The van der Waals surface area contributed by atoms with E-state index < -0.39 is 0 Å². The minimum Gasteiger partial charge on any atom is -0.491 e. The van der Waals surface area contributed by atoms with Crippen LogP contribution in [0.25, 0.3) is 0 Å². The first-order valence-electron chi connectivity index (χ1n) is 6.71. The summed E-state index contributed by atoms with van der Waals surface area (Å²) in [7, 11) is 0. The Hall–Kier alpha value is -1.13. The highest BCUT2D eigenvalue weighted by atomic mass is 16.5. The van der Waals surface area contributed by atoms with Crippen LogP contribution in [0, 0.1) is 0 Å². The Morgan fingerprint density at radius 3 is 3.11 bits per heavy atom. The van der Waals surface area contributed by atoms with Crippen LogP contribution < -0.4 is 10.1 Å². The van der Waals surface area contributed by atoms with Gasteiger partial charge in [0.05, 0.1) is 11.8 Å². The number of hydrogen-bond acceptors (Lipinski definition) is 4. The minimum absolute atomic E-state index is 0.164. The molecule has 0 radical (unpaired) electrons. The van der Waals surface area contributed by atoms with Crippen molar-refractivity contribution >= 4 is 0 Å². The highest BCUT2D eigenvalue weighted by Crippen LogP contribution is 2.33. The number of nitrogens with one attached hydrogen (secondary N) is 1. The van der Waals surface area contributed by atoms with Crippen molar-refractivity contribution in [3.63, 3.8) is 0 Å². The molecule has 1 aliphatic heterocycles. The Balaban J connectivity index is 2.27. The molecular weight excluding hydrogens is 228 g/mol. The van der Waals surface area contributed by atoms with Gasteiger partial charge in [-0.05, 0) is 32.8 Å². The summed E-state index contributed by atoms with van der Waals surface area (Å²) in [5.74, 6) is 0.935. The summed E-state index contributed by atoms with van der Waals surface area (Å²) in [6.45, 7) is 5.24. The van der Waals surface area contributed by atoms with Gasteiger partial charge in [-0.3, -0.25) is 4.98 Å². The van der Waals surface area contributed by atoms with Gasteiger partial charge in [-0.25, -0.2) is 0 Å². The van der Waals surface area contributed by atoms with E-state index in [4.69, 9.17) is 9.84 Å². The summed E-state index contributed by atoms with van der Waals surface area (Å²) in [5.41, 5.74) is 2.32. The van der Waals surface area contributed by atoms with E-state index in [1.807, 2.05) is 26.1 Å². The summed E-state index contributed by atoms with van der Waals surface area (Å²) in [5, 5.41) is 12.5. The van der Waals surface area contributed by atoms with Crippen molar-refractivity contribution in [1.29, 1.82) is 0 Å². The molecule has 0 spiro atoms. The fourth-order valence-corrected chi connectivity index (χ4v) is 2.43. The van der Waals surface area contributed by atoms with Gasteiger partial charge in [0, 0.05) is 37.4 Å². The average Bonchev–Trinajstić information content (AvgIpc) is 2.35. The largest absolute Gasteiger partial charge is 0.491 e. The Bertz CT molecular complexity index is 393. The highest BCUT2D eigenvalue weighted by Gasteiger charge is 2.24. The van der Waals surface area contributed by atoms with Crippen molar-refractivity contribution in [2.75, 3.05) is 13.2 Å². The molecule has 2 rings (SSSR count). The minimum atomic E-state index is 0.164. The molecule has 0 amide bonds. The van der Waals surface area contributed by atoms with Crippen LogP contribution in [0.15, 0.2) is 12.3 Å². The van der Waals surface area contributed by atoms with Crippen molar-refractivity contribution in [1.82, 2.24) is 10.3 Å². The van der Waals surface area contributed by atoms with Crippen LogP contribution in [0.1, 0.15) is 44.0 Å². The SMILES string of the molecule is CC(C)Oc1ccnc2c1C(CCCO)NCC2. The number of rotatable bonds is 5. The fraction of sp³-hybridized carbons (Fsp3) is 0.643. The van der Waals surface area contributed by atoms with Crippen molar-refractivity contribution < 1.29 is 9.84 Å². The molecule has 2 heterocycles. The van der Waals surface area contributed by atoms with E-state index in [0.29, 0.717) is 0 Å². The molecule has 4 nitrogen and oxygen atoms in total. The van der Waals surface area contributed by atoms with Crippen LogP contribution >= 0.6 is 0 Å². The van der Waals surface area contributed by atoms with Gasteiger partial charge in [0.1, 0.15) is 5.75 Å². The maximum Gasteiger partial charge on any atom is 0.127 e. The third-order valence-electron chi connectivity index (χ3n) is 3.15. The second kappa shape index (κ2) is 6.16. The van der Waals surface area contributed by atoms with Crippen molar-refractivity contribution in [2.45, 2.75) is 45.3 Å². The predicted molar refractivity (Wildman–Crippen MR) is 70.8 cm³/mol. The third kappa shape index (κ3) is 3.00. The zero-order chi connectivity index (χ0) is 13.0. The Morgan fingerprint density at radius 2 is 2.39 bits per heavy atom. The van der Waals surface area contributed by atoms with E-state index >= 15 is 0 Å². The summed E-state index contributed by atoms with van der Waals surface area (Å²) >= 11 is 0.